The summed E-state index contributed by atoms with van der Waals surface area (Å²) < 4.78 is 5.81. The van der Waals surface area contributed by atoms with E-state index in [0.29, 0.717) is 6.10 Å². The number of rotatable bonds is 5. The van der Waals surface area contributed by atoms with Crippen LogP contribution in [0.25, 0.3) is 0 Å². The molecule has 1 saturated carbocycles. The summed E-state index contributed by atoms with van der Waals surface area (Å²) in [6.45, 7) is 12.0. The van der Waals surface area contributed by atoms with Crippen molar-refractivity contribution in [3.8, 4) is 0 Å². The standard InChI is InChI=1S/C15H30N2O/c1-5-12-8-7-9-17(12)11-15(16)10-13(18-6-2)14(15,3)4/h12-13H,5-11,16H2,1-4H3. The minimum absolute atomic E-state index is 0.0649. The fourth-order valence-electron chi connectivity index (χ4n) is 3.70. The number of likely N-dealkylation sites (tertiary alicyclic amines) is 1. The van der Waals surface area contributed by atoms with Gasteiger partial charge in [0.15, 0.2) is 0 Å². The van der Waals surface area contributed by atoms with Crippen LogP contribution in [0.3, 0.4) is 0 Å². The van der Waals surface area contributed by atoms with E-state index in [-0.39, 0.29) is 11.0 Å². The minimum Gasteiger partial charge on any atom is -0.378 e. The van der Waals surface area contributed by atoms with Crippen LogP contribution >= 0.6 is 0 Å². The molecule has 0 amide bonds. The van der Waals surface area contributed by atoms with Gasteiger partial charge in [0.2, 0.25) is 0 Å². The highest BCUT2D eigenvalue weighted by Crippen LogP contribution is 2.50. The lowest BCUT2D eigenvalue weighted by Gasteiger charge is -2.60. The van der Waals surface area contributed by atoms with E-state index >= 15 is 0 Å². The van der Waals surface area contributed by atoms with Gasteiger partial charge in [0.05, 0.1) is 6.10 Å². The Morgan fingerprint density at radius 1 is 1.33 bits per heavy atom. The van der Waals surface area contributed by atoms with Crippen molar-refractivity contribution in [3.05, 3.63) is 0 Å². The van der Waals surface area contributed by atoms with Gasteiger partial charge in [-0.3, -0.25) is 4.90 Å². The smallest absolute Gasteiger partial charge is 0.0662 e. The van der Waals surface area contributed by atoms with E-state index in [2.05, 4.69) is 32.6 Å². The van der Waals surface area contributed by atoms with Crippen molar-refractivity contribution < 1.29 is 4.74 Å². The van der Waals surface area contributed by atoms with Gasteiger partial charge < -0.3 is 10.5 Å². The van der Waals surface area contributed by atoms with Gasteiger partial charge in [-0.2, -0.15) is 0 Å². The minimum atomic E-state index is -0.0649. The third kappa shape index (κ3) is 2.21. The quantitative estimate of drug-likeness (QED) is 0.819. The second-order valence-corrected chi connectivity index (χ2v) is 6.70. The lowest BCUT2D eigenvalue weighted by Crippen LogP contribution is -2.73. The molecule has 0 aromatic heterocycles. The molecular formula is C15H30N2O. The van der Waals surface area contributed by atoms with Gasteiger partial charge in [-0.1, -0.05) is 20.8 Å². The average molecular weight is 254 g/mol. The molecule has 3 atom stereocenters. The first-order chi connectivity index (χ1) is 8.44. The van der Waals surface area contributed by atoms with Crippen LogP contribution in [0.2, 0.25) is 0 Å². The van der Waals surface area contributed by atoms with Gasteiger partial charge in [-0.05, 0) is 39.2 Å². The summed E-state index contributed by atoms with van der Waals surface area (Å²) in [5, 5.41) is 0. The second kappa shape index (κ2) is 5.10. The first-order valence-electron chi connectivity index (χ1n) is 7.59. The molecule has 2 aliphatic rings. The summed E-state index contributed by atoms with van der Waals surface area (Å²) in [4.78, 5) is 2.61. The summed E-state index contributed by atoms with van der Waals surface area (Å²) in [5.41, 5.74) is 6.71. The van der Waals surface area contributed by atoms with E-state index in [1.54, 1.807) is 0 Å². The van der Waals surface area contributed by atoms with Gasteiger partial charge in [-0.15, -0.1) is 0 Å². The largest absolute Gasteiger partial charge is 0.378 e. The number of hydrogen-bond donors (Lipinski definition) is 1. The zero-order valence-electron chi connectivity index (χ0n) is 12.5. The molecule has 3 unspecified atom stereocenters. The van der Waals surface area contributed by atoms with Crippen molar-refractivity contribution in [1.82, 2.24) is 4.90 Å². The highest BCUT2D eigenvalue weighted by molar-refractivity contribution is 5.15. The molecule has 0 radical (unpaired) electrons. The maximum absolute atomic E-state index is 6.68. The monoisotopic (exact) mass is 254 g/mol. The Balaban J connectivity index is 1.97. The Hall–Kier alpha value is -0.120. The van der Waals surface area contributed by atoms with Crippen molar-refractivity contribution in [2.75, 3.05) is 19.7 Å². The second-order valence-electron chi connectivity index (χ2n) is 6.70. The van der Waals surface area contributed by atoms with Crippen LogP contribution in [0, 0.1) is 5.41 Å². The Morgan fingerprint density at radius 2 is 2.06 bits per heavy atom. The topological polar surface area (TPSA) is 38.5 Å². The van der Waals surface area contributed by atoms with Crippen LogP contribution in [-0.4, -0.2) is 42.3 Å². The molecule has 3 nitrogen and oxygen atoms in total. The predicted octanol–water partition coefficient (Wildman–Crippen LogP) is 2.39. The summed E-state index contributed by atoms with van der Waals surface area (Å²) in [6.07, 6.45) is 5.30. The number of nitrogens with two attached hydrogens (primary N) is 1. The van der Waals surface area contributed by atoms with E-state index < -0.39 is 0 Å². The van der Waals surface area contributed by atoms with E-state index in [9.17, 15) is 0 Å². The van der Waals surface area contributed by atoms with Crippen molar-refractivity contribution in [1.29, 1.82) is 0 Å². The molecule has 1 saturated heterocycles. The van der Waals surface area contributed by atoms with E-state index in [0.717, 1.165) is 25.6 Å². The SMILES string of the molecule is CCOC1CC(N)(CN2CCCC2CC)C1(C)C. The van der Waals surface area contributed by atoms with Crippen molar-refractivity contribution in [3.63, 3.8) is 0 Å². The molecule has 2 fully saturated rings. The van der Waals surface area contributed by atoms with Crippen LogP contribution in [0.5, 0.6) is 0 Å². The zero-order chi connectivity index (χ0) is 13.4. The third-order valence-corrected chi connectivity index (χ3v) is 5.46. The van der Waals surface area contributed by atoms with Crippen LogP contribution < -0.4 is 5.73 Å². The Kier molecular flexibility index (Phi) is 4.05. The molecule has 0 aromatic rings. The molecule has 1 heterocycles. The molecule has 1 aliphatic heterocycles. The van der Waals surface area contributed by atoms with Gasteiger partial charge in [0.25, 0.3) is 0 Å². The molecule has 18 heavy (non-hydrogen) atoms. The number of ether oxygens (including phenoxy) is 1. The van der Waals surface area contributed by atoms with Crippen LogP contribution in [-0.2, 0) is 4.74 Å². The van der Waals surface area contributed by atoms with Gasteiger partial charge in [-0.25, -0.2) is 0 Å². The lowest BCUT2D eigenvalue weighted by molar-refractivity contribution is -0.157. The third-order valence-electron chi connectivity index (χ3n) is 5.46. The van der Waals surface area contributed by atoms with Gasteiger partial charge in [0.1, 0.15) is 0 Å². The molecule has 1 aliphatic carbocycles. The summed E-state index contributed by atoms with van der Waals surface area (Å²) in [7, 11) is 0. The Labute approximate surface area is 112 Å². The molecule has 2 rings (SSSR count). The molecule has 0 spiro atoms. The number of nitrogens with zero attached hydrogens (tertiary/aromatic N) is 1. The van der Waals surface area contributed by atoms with Gasteiger partial charge in [0, 0.05) is 30.1 Å². The lowest BCUT2D eigenvalue weighted by atomic mass is 9.54. The first kappa shape index (κ1) is 14.3. The Bertz CT molecular complexity index is 292. The molecule has 2 N–H and O–H groups in total. The highest BCUT2D eigenvalue weighted by atomic mass is 16.5. The predicted molar refractivity (Wildman–Crippen MR) is 75.6 cm³/mol. The fraction of sp³-hybridized carbons (Fsp3) is 1.00. The number of hydrogen-bond acceptors (Lipinski definition) is 3. The molecule has 106 valence electrons. The van der Waals surface area contributed by atoms with Crippen molar-refractivity contribution in [2.45, 2.75) is 71.1 Å². The summed E-state index contributed by atoms with van der Waals surface area (Å²) >= 11 is 0. The highest BCUT2D eigenvalue weighted by Gasteiger charge is 2.59. The molecule has 0 aromatic carbocycles. The maximum atomic E-state index is 6.68. The zero-order valence-corrected chi connectivity index (χ0v) is 12.5. The van der Waals surface area contributed by atoms with Crippen molar-refractivity contribution in [2.24, 2.45) is 11.1 Å². The van der Waals surface area contributed by atoms with Crippen molar-refractivity contribution >= 4 is 0 Å². The van der Waals surface area contributed by atoms with Crippen LogP contribution in [0.4, 0.5) is 0 Å². The van der Waals surface area contributed by atoms with Crippen LogP contribution in [0.15, 0.2) is 0 Å². The molecule has 3 heteroatoms. The van der Waals surface area contributed by atoms with Crippen LogP contribution in [0.1, 0.15) is 53.4 Å². The van der Waals surface area contributed by atoms with E-state index in [4.69, 9.17) is 10.5 Å². The first-order valence-corrected chi connectivity index (χ1v) is 7.59. The van der Waals surface area contributed by atoms with Gasteiger partial charge >= 0.3 is 0 Å². The summed E-state index contributed by atoms with van der Waals surface area (Å²) in [6, 6.07) is 0.757. The van der Waals surface area contributed by atoms with E-state index in [1.807, 2.05) is 0 Å². The average Bonchev–Trinajstić information content (AvgIpc) is 2.76. The normalized spacial score (nSPS) is 39.8. The summed E-state index contributed by atoms with van der Waals surface area (Å²) in [5.74, 6) is 0. The molecular weight excluding hydrogens is 224 g/mol. The maximum Gasteiger partial charge on any atom is 0.0662 e. The Morgan fingerprint density at radius 3 is 2.61 bits per heavy atom. The fourth-order valence-corrected chi connectivity index (χ4v) is 3.70. The molecule has 0 bridgehead atoms. The van der Waals surface area contributed by atoms with E-state index in [1.165, 1.54) is 25.8 Å².